The second-order valence-electron chi connectivity index (χ2n) is 6.63. The van der Waals surface area contributed by atoms with E-state index in [9.17, 15) is 19.7 Å². The molecular formula is C22H20N2O5. The molecule has 3 aromatic rings. The van der Waals surface area contributed by atoms with Gasteiger partial charge in [-0.1, -0.05) is 54.6 Å². The summed E-state index contributed by atoms with van der Waals surface area (Å²) in [5, 5.41) is 15.6. The lowest BCUT2D eigenvalue weighted by atomic mass is 10.0. The third kappa shape index (κ3) is 5.16. The Labute approximate surface area is 167 Å². The first-order valence-corrected chi connectivity index (χ1v) is 9.04. The number of rotatable bonds is 7. The van der Waals surface area contributed by atoms with E-state index in [1.165, 1.54) is 19.2 Å². The smallest absolute Gasteiger partial charge is 0.328 e. The highest BCUT2D eigenvalue weighted by Gasteiger charge is 2.22. The molecular weight excluding hydrogens is 372 g/mol. The van der Waals surface area contributed by atoms with Crippen LogP contribution >= 0.6 is 0 Å². The Balaban J connectivity index is 1.69. The molecule has 0 bridgehead atoms. The van der Waals surface area contributed by atoms with Crippen LogP contribution in [0.25, 0.3) is 10.8 Å². The molecule has 29 heavy (non-hydrogen) atoms. The summed E-state index contributed by atoms with van der Waals surface area (Å²) in [4.78, 5) is 34.9. The Hall–Kier alpha value is -3.74. The number of carbonyl (C=O) groups excluding carboxylic acids is 2. The van der Waals surface area contributed by atoms with Crippen LogP contribution in [-0.2, 0) is 27.2 Å². The molecule has 0 radical (unpaired) electrons. The van der Waals surface area contributed by atoms with Gasteiger partial charge in [-0.2, -0.15) is 0 Å². The first-order chi connectivity index (χ1) is 14.0. The summed E-state index contributed by atoms with van der Waals surface area (Å²) in [5.41, 5.74) is 1.47. The molecule has 0 spiro atoms. The van der Waals surface area contributed by atoms with Gasteiger partial charge in [0.25, 0.3) is 5.69 Å². The quantitative estimate of drug-likeness (QED) is 0.378. The molecule has 3 aromatic carbocycles. The minimum absolute atomic E-state index is 0.0382. The van der Waals surface area contributed by atoms with E-state index in [2.05, 4.69) is 5.32 Å². The Morgan fingerprint density at radius 2 is 1.66 bits per heavy atom. The van der Waals surface area contributed by atoms with Crippen molar-refractivity contribution in [1.29, 1.82) is 0 Å². The van der Waals surface area contributed by atoms with E-state index >= 15 is 0 Å². The Bertz CT molecular complexity index is 1050. The lowest BCUT2D eigenvalue weighted by molar-refractivity contribution is -0.384. The topological polar surface area (TPSA) is 98.5 Å². The fourth-order valence-corrected chi connectivity index (χ4v) is 3.10. The minimum atomic E-state index is -0.880. The number of esters is 1. The van der Waals surface area contributed by atoms with Gasteiger partial charge in [0.15, 0.2) is 0 Å². The van der Waals surface area contributed by atoms with Crippen molar-refractivity contribution < 1.29 is 19.2 Å². The van der Waals surface area contributed by atoms with Gasteiger partial charge in [0.05, 0.1) is 18.5 Å². The summed E-state index contributed by atoms with van der Waals surface area (Å²) < 4.78 is 4.79. The van der Waals surface area contributed by atoms with Crippen molar-refractivity contribution in [3.63, 3.8) is 0 Å². The predicted molar refractivity (Wildman–Crippen MR) is 108 cm³/mol. The average Bonchev–Trinajstić information content (AvgIpc) is 2.73. The van der Waals surface area contributed by atoms with E-state index in [-0.39, 0.29) is 24.4 Å². The van der Waals surface area contributed by atoms with Crippen molar-refractivity contribution >= 4 is 28.3 Å². The number of nitro groups is 1. The fourth-order valence-electron chi connectivity index (χ4n) is 3.10. The van der Waals surface area contributed by atoms with Crippen LogP contribution in [0, 0.1) is 10.1 Å². The monoisotopic (exact) mass is 392 g/mol. The van der Waals surface area contributed by atoms with Crippen LogP contribution in [0.3, 0.4) is 0 Å². The van der Waals surface area contributed by atoms with E-state index < -0.39 is 16.9 Å². The molecule has 0 fully saturated rings. The van der Waals surface area contributed by atoms with Gasteiger partial charge in [0.2, 0.25) is 5.91 Å². The normalized spacial score (nSPS) is 11.6. The maximum Gasteiger partial charge on any atom is 0.328 e. The minimum Gasteiger partial charge on any atom is -0.467 e. The number of ether oxygens (including phenoxy) is 1. The standard InChI is InChI=1S/C22H20N2O5/c1-29-22(26)20(13-15-7-10-19(11-8-15)24(27)28)23-21(25)14-16-6-9-17-4-2-3-5-18(17)12-16/h2-12,20H,13-14H2,1H3,(H,23,25)/t20-/m0/s1. The van der Waals surface area contributed by atoms with Crippen LogP contribution in [0.2, 0.25) is 0 Å². The number of fused-ring (bicyclic) bond motifs is 1. The van der Waals surface area contributed by atoms with Crippen LogP contribution in [0.5, 0.6) is 0 Å². The maximum absolute atomic E-state index is 12.5. The molecule has 0 aromatic heterocycles. The number of nitrogens with one attached hydrogen (secondary N) is 1. The van der Waals surface area contributed by atoms with E-state index in [4.69, 9.17) is 4.74 Å². The molecule has 0 saturated heterocycles. The zero-order chi connectivity index (χ0) is 20.8. The zero-order valence-corrected chi connectivity index (χ0v) is 15.8. The predicted octanol–water partition coefficient (Wildman–Crippen LogP) is 3.19. The molecule has 7 heteroatoms. The van der Waals surface area contributed by atoms with Crippen molar-refractivity contribution in [3.8, 4) is 0 Å². The van der Waals surface area contributed by atoms with Gasteiger partial charge in [-0.15, -0.1) is 0 Å². The number of hydrogen-bond acceptors (Lipinski definition) is 5. The van der Waals surface area contributed by atoms with Crippen molar-refractivity contribution in [1.82, 2.24) is 5.32 Å². The van der Waals surface area contributed by atoms with Crippen LogP contribution in [0.4, 0.5) is 5.69 Å². The number of carbonyl (C=O) groups is 2. The molecule has 0 heterocycles. The second-order valence-corrected chi connectivity index (χ2v) is 6.63. The Morgan fingerprint density at radius 1 is 1.00 bits per heavy atom. The SMILES string of the molecule is COC(=O)[C@H](Cc1ccc([N+](=O)[O-])cc1)NC(=O)Cc1ccc2ccccc2c1. The Kier molecular flexibility index (Phi) is 6.19. The fraction of sp³-hybridized carbons (Fsp3) is 0.182. The van der Waals surface area contributed by atoms with Crippen LogP contribution in [0.15, 0.2) is 66.7 Å². The molecule has 0 aliphatic carbocycles. The third-order valence-corrected chi connectivity index (χ3v) is 4.59. The highest BCUT2D eigenvalue weighted by molar-refractivity contribution is 5.88. The van der Waals surface area contributed by atoms with Gasteiger partial charge in [0, 0.05) is 18.6 Å². The number of benzene rings is 3. The van der Waals surface area contributed by atoms with Gasteiger partial charge in [0.1, 0.15) is 6.04 Å². The van der Waals surface area contributed by atoms with Gasteiger partial charge in [-0.05, 0) is 21.9 Å². The Morgan fingerprint density at radius 3 is 2.31 bits per heavy atom. The molecule has 0 aliphatic heterocycles. The summed E-state index contributed by atoms with van der Waals surface area (Å²) in [6.07, 6.45) is 0.298. The van der Waals surface area contributed by atoms with Gasteiger partial charge < -0.3 is 10.1 Å². The van der Waals surface area contributed by atoms with Crippen LogP contribution < -0.4 is 5.32 Å². The molecule has 148 valence electrons. The third-order valence-electron chi connectivity index (χ3n) is 4.59. The number of methoxy groups -OCH3 is 1. The highest BCUT2D eigenvalue weighted by Crippen LogP contribution is 2.17. The zero-order valence-electron chi connectivity index (χ0n) is 15.8. The second kappa shape index (κ2) is 8.97. The van der Waals surface area contributed by atoms with E-state index in [1.807, 2.05) is 42.5 Å². The number of nitrogens with zero attached hydrogens (tertiary/aromatic N) is 1. The molecule has 0 saturated carbocycles. The van der Waals surface area contributed by atoms with E-state index in [1.54, 1.807) is 12.1 Å². The molecule has 1 amide bonds. The van der Waals surface area contributed by atoms with E-state index in [0.29, 0.717) is 5.56 Å². The van der Waals surface area contributed by atoms with Crippen molar-refractivity contribution in [2.75, 3.05) is 7.11 Å². The summed E-state index contributed by atoms with van der Waals surface area (Å²) in [6, 6.07) is 18.6. The lowest BCUT2D eigenvalue weighted by Gasteiger charge is -2.17. The van der Waals surface area contributed by atoms with Crippen molar-refractivity contribution in [3.05, 3.63) is 88.0 Å². The molecule has 1 N–H and O–H groups in total. The number of non-ortho nitro benzene ring substituents is 1. The first-order valence-electron chi connectivity index (χ1n) is 9.04. The van der Waals surface area contributed by atoms with Crippen molar-refractivity contribution in [2.45, 2.75) is 18.9 Å². The van der Waals surface area contributed by atoms with E-state index in [0.717, 1.165) is 16.3 Å². The number of nitro benzene ring substituents is 1. The summed E-state index contributed by atoms with van der Waals surface area (Å²) in [5.74, 6) is -0.882. The van der Waals surface area contributed by atoms with Crippen LogP contribution in [0.1, 0.15) is 11.1 Å². The molecule has 0 aliphatic rings. The van der Waals surface area contributed by atoms with Gasteiger partial charge in [-0.25, -0.2) is 4.79 Å². The van der Waals surface area contributed by atoms with Crippen LogP contribution in [-0.4, -0.2) is 30.0 Å². The molecule has 0 unspecified atom stereocenters. The largest absolute Gasteiger partial charge is 0.467 e. The number of amides is 1. The lowest BCUT2D eigenvalue weighted by Crippen LogP contribution is -2.43. The molecule has 7 nitrogen and oxygen atoms in total. The average molecular weight is 392 g/mol. The summed E-state index contributed by atoms with van der Waals surface area (Å²) >= 11 is 0. The summed E-state index contributed by atoms with van der Waals surface area (Å²) in [7, 11) is 1.25. The van der Waals surface area contributed by atoms with Gasteiger partial charge in [-0.3, -0.25) is 14.9 Å². The molecule has 1 atom stereocenters. The van der Waals surface area contributed by atoms with Crippen molar-refractivity contribution in [2.24, 2.45) is 0 Å². The maximum atomic E-state index is 12.5. The summed E-state index contributed by atoms with van der Waals surface area (Å²) in [6.45, 7) is 0. The highest BCUT2D eigenvalue weighted by atomic mass is 16.6. The van der Waals surface area contributed by atoms with Gasteiger partial charge >= 0.3 is 5.97 Å². The number of hydrogen-bond donors (Lipinski definition) is 1. The molecule has 3 rings (SSSR count). The first kappa shape index (κ1) is 20.0.